The summed E-state index contributed by atoms with van der Waals surface area (Å²) in [5.74, 6) is 0.0136. The van der Waals surface area contributed by atoms with Gasteiger partial charge in [0.15, 0.2) is 5.75 Å². The van der Waals surface area contributed by atoms with Crippen LogP contribution in [0.1, 0.15) is 0 Å². The fourth-order valence-electron chi connectivity index (χ4n) is 3.82. The van der Waals surface area contributed by atoms with Crippen molar-refractivity contribution in [3.05, 3.63) is 123 Å². The lowest BCUT2D eigenvalue weighted by molar-refractivity contribution is 0.356. The zero-order valence-corrected chi connectivity index (χ0v) is 25.1. The third kappa shape index (κ3) is 5.63. The van der Waals surface area contributed by atoms with Gasteiger partial charge in [0.25, 0.3) is 0 Å². The van der Waals surface area contributed by atoms with Gasteiger partial charge < -0.3 is 0 Å². The highest BCUT2D eigenvalue weighted by atomic mass is 79.9. The minimum Gasteiger partial charge on any atom is -0.288 e. The van der Waals surface area contributed by atoms with Gasteiger partial charge in [-0.1, -0.05) is 116 Å². The van der Waals surface area contributed by atoms with Gasteiger partial charge in [0, 0.05) is 44.1 Å². The first kappa shape index (κ1) is 25.7. The second-order valence-corrected chi connectivity index (χ2v) is 12.7. The molecule has 0 aliphatic rings. The van der Waals surface area contributed by atoms with Gasteiger partial charge in [-0.15, -0.1) is 0 Å². The molecule has 177 valence electrons. The molecule has 5 aromatic carbocycles. The molecule has 0 saturated heterocycles. The van der Waals surface area contributed by atoms with E-state index in [9.17, 15) is 5.11 Å². The molecular formula is C30H18Br3OS2. The van der Waals surface area contributed by atoms with E-state index in [2.05, 4.69) is 72.1 Å². The maximum Gasteiger partial charge on any atom is 0.196 e. The molecule has 0 saturated carbocycles. The van der Waals surface area contributed by atoms with Crippen LogP contribution in [0.2, 0.25) is 0 Å². The van der Waals surface area contributed by atoms with Gasteiger partial charge in [0.1, 0.15) is 0 Å². The summed E-state index contributed by atoms with van der Waals surface area (Å²) in [6.07, 6.45) is 0. The van der Waals surface area contributed by atoms with Crippen LogP contribution >= 0.6 is 71.3 Å². The van der Waals surface area contributed by atoms with E-state index >= 15 is 0 Å². The van der Waals surface area contributed by atoms with Crippen LogP contribution in [0.15, 0.2) is 142 Å². The molecule has 36 heavy (non-hydrogen) atoms. The molecular weight excluding hydrogens is 680 g/mol. The van der Waals surface area contributed by atoms with Crippen molar-refractivity contribution in [2.45, 2.75) is 19.6 Å². The van der Waals surface area contributed by atoms with E-state index in [1.807, 2.05) is 84.9 Å². The van der Waals surface area contributed by atoms with Crippen LogP contribution in [0, 0.1) is 0 Å². The monoisotopic (exact) mass is 695 g/mol. The minimum absolute atomic E-state index is 0.0136. The van der Waals surface area contributed by atoms with Crippen molar-refractivity contribution in [3.8, 4) is 28.0 Å². The first-order valence-corrected chi connectivity index (χ1v) is 15.1. The topological polar surface area (TPSA) is 19.9 Å². The normalized spacial score (nSPS) is 11.0. The molecule has 0 aliphatic heterocycles. The maximum atomic E-state index is 14.4. The highest BCUT2D eigenvalue weighted by Crippen LogP contribution is 2.56. The molecule has 0 atom stereocenters. The molecule has 0 aliphatic carbocycles. The van der Waals surface area contributed by atoms with Gasteiger partial charge in [-0.3, -0.25) is 5.11 Å². The highest BCUT2D eigenvalue weighted by molar-refractivity contribution is 9.11. The zero-order chi connectivity index (χ0) is 25.1. The largest absolute Gasteiger partial charge is 0.288 e. The van der Waals surface area contributed by atoms with Crippen molar-refractivity contribution in [3.63, 3.8) is 0 Å². The summed E-state index contributed by atoms with van der Waals surface area (Å²) in [4.78, 5) is 3.96. The Morgan fingerprint density at radius 1 is 0.472 bits per heavy atom. The Morgan fingerprint density at radius 3 is 1.19 bits per heavy atom. The second kappa shape index (κ2) is 11.6. The van der Waals surface area contributed by atoms with Crippen molar-refractivity contribution in [1.29, 1.82) is 0 Å². The summed E-state index contributed by atoms with van der Waals surface area (Å²) in [6, 6.07) is 36.2. The molecule has 0 fully saturated rings. The van der Waals surface area contributed by atoms with E-state index in [0.717, 1.165) is 44.1 Å². The average molecular weight is 698 g/mol. The number of hydrogen-bond acceptors (Lipinski definition) is 2. The SMILES string of the molecule is [O]c1c(-c2ccc(Br)cc2)c(Sc2ccccc2)c(Br)c(Sc2ccccc2)c1-c1ccc(Br)cc1. The summed E-state index contributed by atoms with van der Waals surface area (Å²) in [5, 5.41) is 14.4. The molecule has 1 radical (unpaired) electrons. The van der Waals surface area contributed by atoms with E-state index in [-0.39, 0.29) is 5.75 Å². The molecule has 1 nitrogen and oxygen atoms in total. The Bertz CT molecular complexity index is 1380. The lowest BCUT2D eigenvalue weighted by atomic mass is 9.97. The van der Waals surface area contributed by atoms with E-state index < -0.39 is 0 Å². The Kier molecular flexibility index (Phi) is 8.28. The smallest absolute Gasteiger partial charge is 0.196 e. The molecule has 0 N–H and O–H groups in total. The maximum absolute atomic E-state index is 14.4. The summed E-state index contributed by atoms with van der Waals surface area (Å²) in [6.45, 7) is 0. The van der Waals surface area contributed by atoms with Crippen molar-refractivity contribution in [2.75, 3.05) is 0 Å². The summed E-state index contributed by atoms with van der Waals surface area (Å²) in [7, 11) is 0. The fraction of sp³-hybridized carbons (Fsp3) is 0. The predicted octanol–water partition coefficient (Wildman–Crippen LogP) is 11.8. The van der Waals surface area contributed by atoms with Gasteiger partial charge in [-0.05, 0) is 75.6 Å². The fourth-order valence-corrected chi connectivity index (χ4v) is 7.36. The third-order valence-electron chi connectivity index (χ3n) is 5.50. The molecule has 0 heterocycles. The van der Waals surface area contributed by atoms with Gasteiger partial charge in [0.05, 0.1) is 0 Å². The van der Waals surface area contributed by atoms with Crippen molar-refractivity contribution in [2.24, 2.45) is 0 Å². The zero-order valence-electron chi connectivity index (χ0n) is 18.8. The quantitative estimate of drug-likeness (QED) is 0.176. The van der Waals surface area contributed by atoms with Crippen LogP contribution in [0.3, 0.4) is 0 Å². The van der Waals surface area contributed by atoms with Gasteiger partial charge in [-0.25, -0.2) is 0 Å². The minimum atomic E-state index is 0.0136. The third-order valence-corrected chi connectivity index (χ3v) is 10.1. The van der Waals surface area contributed by atoms with Crippen molar-refractivity contribution >= 4 is 71.3 Å². The van der Waals surface area contributed by atoms with Gasteiger partial charge in [0.2, 0.25) is 0 Å². The van der Waals surface area contributed by atoms with Crippen molar-refractivity contribution < 1.29 is 5.11 Å². The van der Waals surface area contributed by atoms with Crippen LogP contribution in [0.5, 0.6) is 5.75 Å². The Hall–Kier alpha value is -1.96. The Morgan fingerprint density at radius 2 is 0.833 bits per heavy atom. The predicted molar refractivity (Wildman–Crippen MR) is 162 cm³/mol. The lowest BCUT2D eigenvalue weighted by Gasteiger charge is -2.21. The summed E-state index contributed by atoms with van der Waals surface area (Å²) >= 11 is 14.2. The molecule has 0 unspecified atom stereocenters. The van der Waals surface area contributed by atoms with Gasteiger partial charge >= 0.3 is 0 Å². The Labute approximate surface area is 244 Å². The van der Waals surface area contributed by atoms with E-state index in [0.29, 0.717) is 11.1 Å². The molecule has 5 aromatic rings. The number of rotatable bonds is 6. The van der Waals surface area contributed by atoms with Crippen LogP contribution in [-0.4, -0.2) is 0 Å². The Balaban J connectivity index is 1.81. The van der Waals surface area contributed by atoms with Gasteiger partial charge in [-0.2, -0.15) is 0 Å². The molecule has 5 rings (SSSR count). The molecule has 0 spiro atoms. The molecule has 0 bridgehead atoms. The standard InChI is InChI=1S/C30H18Br3OS2/c31-21-15-11-19(12-16-21)25-28(34)26(20-13-17-22(32)18-14-20)30(36-24-9-5-2-6-10-24)27(33)29(25)35-23-7-3-1-4-8-23/h1-18H. The van der Waals surface area contributed by atoms with Crippen LogP contribution in [0.25, 0.3) is 22.3 Å². The number of halogens is 3. The number of hydrogen-bond donors (Lipinski definition) is 0. The second-order valence-electron chi connectivity index (χ2n) is 7.90. The van der Waals surface area contributed by atoms with Crippen LogP contribution in [0.4, 0.5) is 0 Å². The first-order valence-electron chi connectivity index (χ1n) is 11.1. The van der Waals surface area contributed by atoms with E-state index in [4.69, 9.17) is 0 Å². The van der Waals surface area contributed by atoms with Crippen LogP contribution in [-0.2, 0) is 5.11 Å². The molecule has 6 heteroatoms. The van der Waals surface area contributed by atoms with E-state index in [1.165, 1.54) is 0 Å². The summed E-state index contributed by atoms with van der Waals surface area (Å²) in [5.41, 5.74) is 3.16. The van der Waals surface area contributed by atoms with Crippen molar-refractivity contribution in [1.82, 2.24) is 0 Å². The lowest BCUT2D eigenvalue weighted by Crippen LogP contribution is -1.94. The van der Waals surface area contributed by atoms with E-state index in [1.54, 1.807) is 23.5 Å². The van der Waals surface area contributed by atoms with Crippen LogP contribution < -0.4 is 0 Å². The molecule has 0 aromatic heterocycles. The average Bonchev–Trinajstić information content (AvgIpc) is 2.90. The summed E-state index contributed by atoms with van der Waals surface area (Å²) < 4.78 is 2.86. The number of benzene rings is 5. The highest BCUT2D eigenvalue weighted by Gasteiger charge is 2.27. The first-order chi connectivity index (χ1) is 17.5. The molecule has 0 amide bonds.